The predicted octanol–water partition coefficient (Wildman–Crippen LogP) is 5.60. The minimum Gasteiger partial charge on any atom is -0.486 e. The number of benzene rings is 2. The summed E-state index contributed by atoms with van der Waals surface area (Å²) in [5.74, 6) is 0.688. The smallest absolute Gasteiger partial charge is 0.251 e. The van der Waals surface area contributed by atoms with E-state index in [1.807, 2.05) is 63.2 Å². The van der Waals surface area contributed by atoms with Crippen LogP contribution in [0.3, 0.4) is 0 Å². The summed E-state index contributed by atoms with van der Waals surface area (Å²) >= 11 is 6.39. The van der Waals surface area contributed by atoms with Gasteiger partial charge in [-0.15, -0.1) is 0 Å². The number of halogens is 1. The van der Waals surface area contributed by atoms with Crippen molar-refractivity contribution in [1.82, 2.24) is 4.98 Å². The quantitative estimate of drug-likeness (QED) is 0.516. The molecule has 1 aromatic heterocycles. The Kier molecular flexibility index (Phi) is 6.55. The highest BCUT2D eigenvalue weighted by Crippen LogP contribution is 2.26. The number of ketones is 1. The molecule has 0 amide bonds. The Morgan fingerprint density at radius 1 is 1.10 bits per heavy atom. The Labute approximate surface area is 175 Å². The third-order valence-corrected chi connectivity index (χ3v) is 5.23. The highest BCUT2D eigenvalue weighted by molar-refractivity contribution is 6.34. The summed E-state index contributed by atoms with van der Waals surface area (Å²) in [7, 11) is 0. The van der Waals surface area contributed by atoms with Gasteiger partial charge in [0.2, 0.25) is 0 Å². The van der Waals surface area contributed by atoms with Crippen LogP contribution in [0.4, 0.5) is 0 Å². The van der Waals surface area contributed by atoms with E-state index in [4.69, 9.17) is 16.3 Å². The number of aromatic nitrogens is 1. The molecule has 0 aliphatic heterocycles. The van der Waals surface area contributed by atoms with E-state index in [1.54, 1.807) is 12.1 Å². The second-order valence-electron chi connectivity index (χ2n) is 7.18. The van der Waals surface area contributed by atoms with Crippen molar-refractivity contribution in [3.05, 3.63) is 97.9 Å². The van der Waals surface area contributed by atoms with Gasteiger partial charge in [-0.25, -0.2) is 0 Å². The summed E-state index contributed by atoms with van der Waals surface area (Å²) in [6.07, 6.45) is 0.404. The highest BCUT2D eigenvalue weighted by Gasteiger charge is 2.16. The van der Waals surface area contributed by atoms with Crippen molar-refractivity contribution in [3.8, 4) is 5.75 Å². The number of nitrogens with one attached hydrogen (secondary N) is 1. The van der Waals surface area contributed by atoms with Crippen molar-refractivity contribution in [2.75, 3.05) is 0 Å². The molecule has 0 saturated carbocycles. The Hall–Kier alpha value is -2.85. The maximum absolute atomic E-state index is 12.7. The molecule has 2 aromatic carbocycles. The number of Topliss-reactive ketones (excluding diaryl/α,β-unsaturated/α-hetero) is 1. The summed E-state index contributed by atoms with van der Waals surface area (Å²) in [5, 5.41) is 0.394. The van der Waals surface area contributed by atoms with Gasteiger partial charge in [-0.2, -0.15) is 0 Å². The Balaban J connectivity index is 1.70. The molecule has 29 heavy (non-hydrogen) atoms. The zero-order chi connectivity index (χ0) is 21.0. The van der Waals surface area contributed by atoms with Crippen LogP contribution in [0, 0.1) is 13.8 Å². The zero-order valence-corrected chi connectivity index (χ0v) is 17.5. The normalized spacial score (nSPS) is 11.9. The summed E-state index contributed by atoms with van der Waals surface area (Å²) in [4.78, 5) is 27.6. The second-order valence-corrected chi connectivity index (χ2v) is 7.59. The van der Waals surface area contributed by atoms with Gasteiger partial charge in [0.1, 0.15) is 11.9 Å². The first-order chi connectivity index (χ1) is 13.8. The van der Waals surface area contributed by atoms with Crippen LogP contribution in [-0.4, -0.2) is 10.8 Å². The van der Waals surface area contributed by atoms with Crippen LogP contribution in [-0.2, 0) is 6.42 Å². The molecule has 4 nitrogen and oxygen atoms in total. The molecule has 1 atom stereocenters. The number of ether oxygens (including phenoxy) is 1. The number of hydrogen-bond donors (Lipinski definition) is 1. The molecule has 0 aliphatic rings. The van der Waals surface area contributed by atoms with Crippen LogP contribution in [0.25, 0.3) is 0 Å². The number of aryl methyl sites for hydroxylation is 2. The molecule has 1 unspecified atom stereocenters. The van der Waals surface area contributed by atoms with E-state index in [0.717, 1.165) is 22.6 Å². The van der Waals surface area contributed by atoms with Crippen molar-refractivity contribution in [1.29, 1.82) is 0 Å². The maximum Gasteiger partial charge on any atom is 0.251 e. The molecule has 0 bridgehead atoms. The van der Waals surface area contributed by atoms with Crippen molar-refractivity contribution in [2.24, 2.45) is 0 Å². The fraction of sp³-hybridized carbons (Fsp3) is 0.250. The summed E-state index contributed by atoms with van der Waals surface area (Å²) in [5.41, 5.74) is 3.57. The third kappa shape index (κ3) is 5.15. The van der Waals surface area contributed by atoms with E-state index in [1.165, 1.54) is 0 Å². The molecule has 1 heterocycles. The van der Waals surface area contributed by atoms with Crippen LogP contribution < -0.4 is 10.3 Å². The molecule has 0 radical (unpaired) electrons. The Morgan fingerprint density at radius 2 is 1.83 bits per heavy atom. The fourth-order valence-corrected chi connectivity index (χ4v) is 3.64. The molecule has 0 saturated heterocycles. The van der Waals surface area contributed by atoms with E-state index in [9.17, 15) is 9.59 Å². The predicted molar refractivity (Wildman–Crippen MR) is 116 cm³/mol. The van der Waals surface area contributed by atoms with Gasteiger partial charge >= 0.3 is 0 Å². The Morgan fingerprint density at radius 3 is 2.48 bits per heavy atom. The third-order valence-electron chi connectivity index (χ3n) is 4.91. The average molecular weight is 410 g/mol. The number of carbonyl (C=O) groups is 1. The largest absolute Gasteiger partial charge is 0.486 e. The van der Waals surface area contributed by atoms with Gasteiger partial charge in [0.25, 0.3) is 5.56 Å². The topological polar surface area (TPSA) is 59.2 Å². The van der Waals surface area contributed by atoms with Crippen molar-refractivity contribution < 1.29 is 9.53 Å². The molecule has 0 aliphatic carbocycles. The van der Waals surface area contributed by atoms with Crippen molar-refractivity contribution >= 4 is 17.4 Å². The van der Waals surface area contributed by atoms with Gasteiger partial charge in [0.15, 0.2) is 5.78 Å². The molecule has 0 fully saturated rings. The van der Waals surface area contributed by atoms with Gasteiger partial charge in [-0.1, -0.05) is 35.9 Å². The lowest BCUT2D eigenvalue weighted by Gasteiger charge is -2.16. The maximum atomic E-state index is 12.7. The van der Waals surface area contributed by atoms with Gasteiger partial charge in [-0.3, -0.25) is 9.59 Å². The number of carbonyl (C=O) groups excluding carboxylic acids is 1. The van der Waals surface area contributed by atoms with Crippen molar-refractivity contribution in [2.45, 2.75) is 39.7 Å². The molecular formula is C24H24ClNO3. The first-order valence-corrected chi connectivity index (χ1v) is 9.96. The Bertz CT molecular complexity index is 1070. The minimum atomic E-state index is -0.201. The fourth-order valence-electron chi connectivity index (χ4n) is 3.35. The number of para-hydroxylation sites is 1. The standard InChI is InChI=1S/C24H24ClNO3/c1-15-13-16(2)26-24(28)20(15)11-12-23(27)21-10-9-18(14-22(21)25)17(3)29-19-7-5-4-6-8-19/h4-10,13-14,17H,11-12H2,1-3H3,(H,26,28). The molecule has 5 heteroatoms. The minimum absolute atomic E-state index is 0.0856. The lowest BCUT2D eigenvalue weighted by atomic mass is 9.99. The van der Waals surface area contributed by atoms with Gasteiger partial charge in [0, 0.05) is 23.2 Å². The average Bonchev–Trinajstić information content (AvgIpc) is 2.67. The van der Waals surface area contributed by atoms with Crippen LogP contribution in [0.15, 0.2) is 59.4 Å². The van der Waals surface area contributed by atoms with Gasteiger partial charge in [0.05, 0.1) is 5.02 Å². The molecule has 3 rings (SSSR count). The second kappa shape index (κ2) is 9.10. The first kappa shape index (κ1) is 20.9. The molecular weight excluding hydrogens is 386 g/mol. The number of hydrogen-bond acceptors (Lipinski definition) is 3. The summed E-state index contributed by atoms with van der Waals surface area (Å²) in [6, 6.07) is 16.8. The molecule has 150 valence electrons. The van der Waals surface area contributed by atoms with Gasteiger partial charge in [-0.05, 0) is 68.7 Å². The lowest BCUT2D eigenvalue weighted by molar-refractivity contribution is 0.0982. The van der Waals surface area contributed by atoms with E-state index in [0.29, 0.717) is 22.6 Å². The SMILES string of the molecule is Cc1cc(C)c(CCC(=O)c2ccc(C(C)Oc3ccccc3)cc2Cl)c(=O)[nH]1. The lowest BCUT2D eigenvalue weighted by Crippen LogP contribution is -2.17. The van der Waals surface area contributed by atoms with E-state index in [-0.39, 0.29) is 23.9 Å². The first-order valence-electron chi connectivity index (χ1n) is 9.59. The van der Waals surface area contributed by atoms with Crippen LogP contribution >= 0.6 is 11.6 Å². The van der Waals surface area contributed by atoms with E-state index < -0.39 is 0 Å². The number of pyridine rings is 1. The van der Waals surface area contributed by atoms with Crippen LogP contribution in [0.1, 0.15) is 52.2 Å². The number of aromatic amines is 1. The molecule has 1 N–H and O–H groups in total. The zero-order valence-electron chi connectivity index (χ0n) is 16.8. The molecule has 0 spiro atoms. The van der Waals surface area contributed by atoms with Crippen LogP contribution in [0.5, 0.6) is 5.75 Å². The van der Waals surface area contributed by atoms with Crippen LogP contribution in [0.2, 0.25) is 5.02 Å². The van der Waals surface area contributed by atoms with E-state index in [2.05, 4.69) is 4.98 Å². The monoisotopic (exact) mass is 409 g/mol. The summed E-state index contributed by atoms with van der Waals surface area (Å²) < 4.78 is 5.92. The highest BCUT2D eigenvalue weighted by atomic mass is 35.5. The van der Waals surface area contributed by atoms with E-state index >= 15 is 0 Å². The van der Waals surface area contributed by atoms with Crippen molar-refractivity contribution in [3.63, 3.8) is 0 Å². The van der Waals surface area contributed by atoms with Gasteiger partial charge < -0.3 is 9.72 Å². The summed E-state index contributed by atoms with van der Waals surface area (Å²) in [6.45, 7) is 5.66. The molecule has 3 aromatic rings. The number of H-pyrrole nitrogens is 1. The number of rotatable bonds is 7.